The van der Waals surface area contributed by atoms with E-state index in [1.807, 2.05) is 24.3 Å². The average molecular weight is 233 g/mol. The van der Waals surface area contributed by atoms with Crippen molar-refractivity contribution in [2.45, 2.75) is 32.2 Å². The summed E-state index contributed by atoms with van der Waals surface area (Å²) in [6, 6.07) is 7.97. The lowest BCUT2D eigenvalue weighted by molar-refractivity contribution is -0.138. The molecule has 2 rings (SSSR count). The molecule has 1 aromatic rings. The molecule has 3 heteroatoms. The highest BCUT2D eigenvalue weighted by molar-refractivity contribution is 5.75. The van der Waals surface area contributed by atoms with Gasteiger partial charge in [0.15, 0.2) is 0 Å². The third-order valence-electron chi connectivity index (χ3n) is 3.46. The third kappa shape index (κ3) is 3.07. The number of nitrogens with zero attached hydrogens (tertiary/aromatic N) is 1. The number of carboxylic acid groups (broad SMARTS) is 1. The van der Waals surface area contributed by atoms with Crippen molar-refractivity contribution in [2.24, 2.45) is 0 Å². The zero-order chi connectivity index (χ0) is 12.3. The predicted molar refractivity (Wildman–Crippen MR) is 67.0 cm³/mol. The summed E-state index contributed by atoms with van der Waals surface area (Å²) >= 11 is 0. The van der Waals surface area contributed by atoms with Gasteiger partial charge in [-0.2, -0.15) is 0 Å². The van der Waals surface area contributed by atoms with Crippen LogP contribution in [0, 0.1) is 0 Å². The fraction of sp³-hybridized carbons (Fsp3) is 0.500. The lowest BCUT2D eigenvalue weighted by Crippen LogP contribution is -2.18. The van der Waals surface area contributed by atoms with Crippen LogP contribution in [0.4, 0.5) is 0 Å². The second kappa shape index (κ2) is 5.32. The first-order valence-corrected chi connectivity index (χ1v) is 6.21. The minimum Gasteiger partial charge on any atom is -0.481 e. The molecule has 0 radical (unpaired) electrons. The second-order valence-electron chi connectivity index (χ2n) is 4.78. The molecule has 0 saturated carbocycles. The van der Waals surface area contributed by atoms with Gasteiger partial charge in [-0.15, -0.1) is 0 Å². The summed E-state index contributed by atoms with van der Waals surface area (Å²) in [6.07, 6.45) is 2.60. The number of benzene rings is 1. The van der Waals surface area contributed by atoms with Gasteiger partial charge in [0.25, 0.3) is 0 Å². The van der Waals surface area contributed by atoms with Crippen molar-refractivity contribution in [1.29, 1.82) is 0 Å². The molecule has 0 amide bonds. The Kier molecular flexibility index (Phi) is 3.79. The SMILES string of the molecule is CC(C(=O)O)c1ccc(CN2CCCC2)cc1. The van der Waals surface area contributed by atoms with E-state index in [0.717, 1.165) is 12.1 Å². The lowest BCUT2D eigenvalue weighted by atomic mass is 10.00. The summed E-state index contributed by atoms with van der Waals surface area (Å²) in [7, 11) is 0. The maximum absolute atomic E-state index is 10.9. The highest BCUT2D eigenvalue weighted by atomic mass is 16.4. The van der Waals surface area contributed by atoms with E-state index >= 15 is 0 Å². The summed E-state index contributed by atoms with van der Waals surface area (Å²) in [5.74, 6) is -1.19. The lowest BCUT2D eigenvalue weighted by Gasteiger charge is -2.15. The van der Waals surface area contributed by atoms with Gasteiger partial charge < -0.3 is 5.11 Å². The summed E-state index contributed by atoms with van der Waals surface area (Å²) < 4.78 is 0. The predicted octanol–water partition coefficient (Wildman–Crippen LogP) is 2.47. The largest absolute Gasteiger partial charge is 0.481 e. The van der Waals surface area contributed by atoms with Gasteiger partial charge in [0.2, 0.25) is 0 Å². The molecule has 0 aromatic heterocycles. The van der Waals surface area contributed by atoms with Crippen LogP contribution < -0.4 is 0 Å². The molecule has 1 N–H and O–H groups in total. The molecule has 17 heavy (non-hydrogen) atoms. The summed E-state index contributed by atoms with van der Waals surface area (Å²) in [6.45, 7) is 5.08. The Morgan fingerprint density at radius 2 is 1.88 bits per heavy atom. The van der Waals surface area contributed by atoms with Crippen molar-refractivity contribution in [3.63, 3.8) is 0 Å². The monoisotopic (exact) mass is 233 g/mol. The highest BCUT2D eigenvalue weighted by Crippen LogP contribution is 2.18. The van der Waals surface area contributed by atoms with Gasteiger partial charge in [0.05, 0.1) is 5.92 Å². The van der Waals surface area contributed by atoms with E-state index in [9.17, 15) is 4.79 Å². The average Bonchev–Trinajstić information content (AvgIpc) is 2.82. The summed E-state index contributed by atoms with van der Waals surface area (Å²) in [4.78, 5) is 13.3. The quantitative estimate of drug-likeness (QED) is 0.868. The molecule has 0 bridgehead atoms. The van der Waals surface area contributed by atoms with Crippen molar-refractivity contribution in [3.8, 4) is 0 Å². The molecule has 1 saturated heterocycles. The van der Waals surface area contributed by atoms with Crippen LogP contribution in [0.1, 0.15) is 36.8 Å². The zero-order valence-electron chi connectivity index (χ0n) is 10.2. The van der Waals surface area contributed by atoms with E-state index in [4.69, 9.17) is 5.11 Å². The smallest absolute Gasteiger partial charge is 0.310 e. The van der Waals surface area contributed by atoms with Gasteiger partial charge in [0.1, 0.15) is 0 Å². The van der Waals surface area contributed by atoms with Crippen molar-refractivity contribution < 1.29 is 9.90 Å². The van der Waals surface area contributed by atoms with Gasteiger partial charge >= 0.3 is 5.97 Å². The van der Waals surface area contributed by atoms with E-state index in [1.54, 1.807) is 6.92 Å². The summed E-state index contributed by atoms with van der Waals surface area (Å²) in [5.41, 5.74) is 2.15. The Morgan fingerprint density at radius 3 is 2.41 bits per heavy atom. The van der Waals surface area contributed by atoms with Gasteiger partial charge in [0, 0.05) is 6.54 Å². The maximum atomic E-state index is 10.9. The van der Waals surface area contributed by atoms with Crippen LogP contribution in [0.15, 0.2) is 24.3 Å². The standard InChI is InChI=1S/C14H19NO2/c1-11(14(16)17)13-6-4-12(5-7-13)10-15-8-2-3-9-15/h4-7,11H,2-3,8-10H2,1H3,(H,16,17). The first kappa shape index (κ1) is 12.1. The fourth-order valence-electron chi connectivity index (χ4n) is 2.25. The van der Waals surface area contributed by atoms with Crippen LogP contribution in [0.25, 0.3) is 0 Å². The van der Waals surface area contributed by atoms with Crippen molar-refractivity contribution in [1.82, 2.24) is 4.90 Å². The molecule has 1 fully saturated rings. The molecule has 3 nitrogen and oxygen atoms in total. The topological polar surface area (TPSA) is 40.5 Å². The number of rotatable bonds is 4. The first-order chi connectivity index (χ1) is 8.16. The minimum absolute atomic E-state index is 0.421. The molecule has 92 valence electrons. The number of likely N-dealkylation sites (tertiary alicyclic amines) is 1. The van der Waals surface area contributed by atoms with Crippen LogP contribution in [-0.4, -0.2) is 29.1 Å². The first-order valence-electron chi connectivity index (χ1n) is 6.21. The normalized spacial score (nSPS) is 18.2. The van der Waals surface area contributed by atoms with Crippen LogP contribution in [0.5, 0.6) is 0 Å². The zero-order valence-corrected chi connectivity index (χ0v) is 10.2. The molecular formula is C14H19NO2. The Morgan fingerprint density at radius 1 is 1.29 bits per heavy atom. The van der Waals surface area contributed by atoms with E-state index in [0.29, 0.717) is 0 Å². The summed E-state index contributed by atoms with van der Waals surface area (Å²) in [5, 5.41) is 8.93. The van der Waals surface area contributed by atoms with Gasteiger partial charge in [-0.25, -0.2) is 0 Å². The molecule has 1 atom stereocenters. The van der Waals surface area contributed by atoms with E-state index < -0.39 is 11.9 Å². The second-order valence-corrected chi connectivity index (χ2v) is 4.78. The molecular weight excluding hydrogens is 214 g/mol. The van der Waals surface area contributed by atoms with Gasteiger partial charge in [-0.1, -0.05) is 24.3 Å². The number of hydrogen-bond acceptors (Lipinski definition) is 2. The van der Waals surface area contributed by atoms with Crippen LogP contribution in [0.2, 0.25) is 0 Å². The van der Waals surface area contributed by atoms with Crippen molar-refractivity contribution in [3.05, 3.63) is 35.4 Å². The van der Waals surface area contributed by atoms with Gasteiger partial charge in [-0.05, 0) is 44.0 Å². The molecule has 1 aliphatic heterocycles. The van der Waals surface area contributed by atoms with E-state index in [1.165, 1.54) is 31.5 Å². The molecule has 0 aliphatic carbocycles. The Balaban J connectivity index is 1.99. The molecule has 1 unspecified atom stereocenters. The Labute approximate surface area is 102 Å². The molecule has 1 aromatic carbocycles. The van der Waals surface area contributed by atoms with Gasteiger partial charge in [-0.3, -0.25) is 9.69 Å². The number of carboxylic acids is 1. The van der Waals surface area contributed by atoms with Crippen molar-refractivity contribution in [2.75, 3.05) is 13.1 Å². The number of hydrogen-bond donors (Lipinski definition) is 1. The molecule has 0 spiro atoms. The van der Waals surface area contributed by atoms with E-state index in [2.05, 4.69) is 4.90 Å². The Hall–Kier alpha value is -1.35. The number of carbonyl (C=O) groups is 1. The van der Waals surface area contributed by atoms with Crippen molar-refractivity contribution >= 4 is 5.97 Å². The minimum atomic E-state index is -0.766. The van der Waals surface area contributed by atoms with Crippen LogP contribution >= 0.6 is 0 Å². The molecule has 1 aliphatic rings. The molecule has 1 heterocycles. The third-order valence-corrected chi connectivity index (χ3v) is 3.46. The fourth-order valence-corrected chi connectivity index (χ4v) is 2.25. The number of aliphatic carboxylic acids is 1. The van der Waals surface area contributed by atoms with Crippen LogP contribution in [0.3, 0.4) is 0 Å². The Bertz CT molecular complexity index is 380. The van der Waals surface area contributed by atoms with E-state index in [-0.39, 0.29) is 0 Å². The maximum Gasteiger partial charge on any atom is 0.310 e. The highest BCUT2D eigenvalue weighted by Gasteiger charge is 2.14. The van der Waals surface area contributed by atoms with Crippen LogP contribution in [-0.2, 0) is 11.3 Å².